The Hall–Kier alpha value is -1.86. The minimum absolute atomic E-state index is 0.123. The van der Waals surface area contributed by atoms with Crippen LogP contribution >= 0.6 is 7.60 Å². The van der Waals surface area contributed by atoms with E-state index in [9.17, 15) is 13.0 Å². The van der Waals surface area contributed by atoms with Crippen LogP contribution in [0.25, 0.3) is 0 Å². The van der Waals surface area contributed by atoms with Gasteiger partial charge in [0.1, 0.15) is 5.75 Å². The van der Waals surface area contributed by atoms with Gasteiger partial charge in [-0.1, -0.05) is 12.1 Å². The van der Waals surface area contributed by atoms with E-state index in [4.69, 9.17) is 13.8 Å². The van der Waals surface area contributed by atoms with Crippen LogP contribution in [0.2, 0.25) is 0 Å². The zero-order valence-corrected chi connectivity index (χ0v) is 20.0. The van der Waals surface area contributed by atoms with Crippen molar-refractivity contribution >= 4 is 23.3 Å². The molecule has 2 rings (SSSR count). The number of methoxy groups -OCH3 is 1. The van der Waals surface area contributed by atoms with Crippen LogP contribution in [0.4, 0.5) is 5.69 Å². The van der Waals surface area contributed by atoms with E-state index in [2.05, 4.69) is 4.72 Å². The Morgan fingerprint density at radius 3 is 2.03 bits per heavy atom. The Labute approximate surface area is 179 Å². The van der Waals surface area contributed by atoms with Gasteiger partial charge in [0.2, 0.25) is 0 Å². The van der Waals surface area contributed by atoms with Gasteiger partial charge in [-0.3, -0.25) is 9.29 Å². The summed E-state index contributed by atoms with van der Waals surface area (Å²) in [5, 5.41) is 0. The molecular weight excluding hydrogens is 425 g/mol. The number of hydrogen-bond donors (Lipinski definition) is 1. The van der Waals surface area contributed by atoms with E-state index >= 15 is 0 Å². The van der Waals surface area contributed by atoms with Gasteiger partial charge < -0.3 is 13.8 Å². The molecule has 0 saturated heterocycles. The lowest BCUT2D eigenvalue weighted by molar-refractivity contribution is 0.219. The first-order valence-electron chi connectivity index (χ1n) is 9.71. The molecule has 7 nitrogen and oxygen atoms in total. The van der Waals surface area contributed by atoms with Gasteiger partial charge in [0.15, 0.2) is 0 Å². The smallest absolute Gasteiger partial charge is 0.335 e. The standard InChI is InChI=1S/C21H30NO6PS/c1-7-27-29(23,28-8-2)14-18-9-11-19(12-10-18)22-30(24,25)21-15(3)13-20(26-6)16(4)17(21)5/h9-13,22H,7-8,14H2,1-6H3. The van der Waals surface area contributed by atoms with Gasteiger partial charge in [0.25, 0.3) is 10.0 Å². The number of hydrogen-bond acceptors (Lipinski definition) is 6. The minimum atomic E-state index is -3.80. The second-order valence-corrected chi connectivity index (χ2v) is 10.6. The maximum Gasteiger partial charge on any atom is 0.335 e. The van der Waals surface area contributed by atoms with Crippen LogP contribution in [0.1, 0.15) is 36.1 Å². The molecule has 0 fully saturated rings. The van der Waals surface area contributed by atoms with Crippen LogP contribution in [0.15, 0.2) is 35.2 Å². The molecule has 9 heteroatoms. The molecule has 0 heterocycles. The molecule has 166 valence electrons. The molecule has 0 aromatic heterocycles. The van der Waals surface area contributed by atoms with Crippen molar-refractivity contribution in [2.24, 2.45) is 0 Å². The van der Waals surface area contributed by atoms with Crippen LogP contribution in [0.5, 0.6) is 5.75 Å². The highest BCUT2D eigenvalue weighted by molar-refractivity contribution is 7.92. The minimum Gasteiger partial charge on any atom is -0.496 e. The maximum absolute atomic E-state index is 13.0. The molecule has 0 amide bonds. The van der Waals surface area contributed by atoms with Crippen LogP contribution in [0.3, 0.4) is 0 Å². The Kier molecular flexibility index (Phi) is 8.11. The molecule has 0 atom stereocenters. The first-order chi connectivity index (χ1) is 14.1. The summed E-state index contributed by atoms with van der Waals surface area (Å²) in [6, 6.07) is 8.41. The fourth-order valence-electron chi connectivity index (χ4n) is 3.28. The first kappa shape index (κ1) is 24.4. The number of sulfonamides is 1. The summed E-state index contributed by atoms with van der Waals surface area (Å²) in [4.78, 5) is 0.238. The molecule has 0 radical (unpaired) electrons. The molecule has 0 bridgehead atoms. The van der Waals surface area contributed by atoms with Crippen molar-refractivity contribution in [2.75, 3.05) is 25.0 Å². The normalized spacial score (nSPS) is 12.1. The van der Waals surface area contributed by atoms with Gasteiger partial charge in [-0.2, -0.15) is 0 Å². The van der Waals surface area contributed by atoms with Crippen molar-refractivity contribution in [1.82, 2.24) is 0 Å². The van der Waals surface area contributed by atoms with Crippen LogP contribution in [-0.2, 0) is 29.8 Å². The zero-order valence-electron chi connectivity index (χ0n) is 18.3. The van der Waals surface area contributed by atoms with Gasteiger partial charge in [-0.05, 0) is 75.1 Å². The number of anilines is 1. The van der Waals surface area contributed by atoms with Crippen LogP contribution < -0.4 is 9.46 Å². The third kappa shape index (κ3) is 5.64. The lowest BCUT2D eigenvalue weighted by atomic mass is 10.1. The average Bonchev–Trinajstić information content (AvgIpc) is 2.66. The monoisotopic (exact) mass is 455 g/mol. The molecule has 0 spiro atoms. The van der Waals surface area contributed by atoms with Crippen molar-refractivity contribution in [1.29, 1.82) is 0 Å². The second kappa shape index (κ2) is 9.96. The quantitative estimate of drug-likeness (QED) is 0.496. The largest absolute Gasteiger partial charge is 0.496 e. The zero-order chi connectivity index (χ0) is 22.5. The molecule has 2 aromatic carbocycles. The Balaban J connectivity index is 2.27. The molecule has 0 saturated carbocycles. The number of nitrogens with one attached hydrogen (secondary N) is 1. The van der Waals surface area contributed by atoms with Crippen molar-refractivity contribution in [3.8, 4) is 5.75 Å². The third-order valence-corrected chi connectivity index (χ3v) is 8.43. The van der Waals surface area contributed by atoms with Crippen LogP contribution in [-0.4, -0.2) is 28.7 Å². The predicted molar refractivity (Wildman–Crippen MR) is 119 cm³/mol. The van der Waals surface area contributed by atoms with Gasteiger partial charge in [-0.15, -0.1) is 0 Å². The van der Waals surface area contributed by atoms with Gasteiger partial charge in [0, 0.05) is 5.69 Å². The highest BCUT2D eigenvalue weighted by Crippen LogP contribution is 2.51. The Bertz CT molecular complexity index is 1020. The lowest BCUT2D eigenvalue weighted by Crippen LogP contribution is -2.16. The van der Waals surface area contributed by atoms with E-state index in [0.29, 0.717) is 22.6 Å². The summed E-state index contributed by atoms with van der Waals surface area (Å²) in [6.07, 6.45) is 0.123. The van der Waals surface area contributed by atoms with Crippen LogP contribution in [0, 0.1) is 20.8 Å². The van der Waals surface area contributed by atoms with Crippen molar-refractivity contribution < 1.29 is 26.8 Å². The summed E-state index contributed by atoms with van der Waals surface area (Å²) < 4.78 is 57.3. The van der Waals surface area contributed by atoms with E-state index in [1.807, 2.05) is 6.92 Å². The van der Waals surface area contributed by atoms with E-state index in [1.54, 1.807) is 65.1 Å². The molecule has 0 aliphatic rings. The summed E-state index contributed by atoms with van der Waals surface area (Å²) in [7, 11) is -5.46. The second-order valence-electron chi connectivity index (χ2n) is 6.88. The van der Waals surface area contributed by atoms with E-state index in [-0.39, 0.29) is 24.3 Å². The summed E-state index contributed by atoms with van der Waals surface area (Å²) >= 11 is 0. The molecular formula is C21H30NO6PS. The molecule has 0 aliphatic carbocycles. The van der Waals surface area contributed by atoms with Gasteiger partial charge >= 0.3 is 7.60 Å². The maximum atomic E-state index is 13.0. The summed E-state index contributed by atoms with van der Waals surface area (Å²) in [5.41, 5.74) is 3.17. The molecule has 2 aromatic rings. The fraction of sp³-hybridized carbons (Fsp3) is 0.429. The van der Waals surface area contributed by atoms with Crippen molar-refractivity contribution in [3.63, 3.8) is 0 Å². The predicted octanol–water partition coefficient (Wildman–Crippen LogP) is 5.19. The first-order valence-corrected chi connectivity index (χ1v) is 12.9. The number of aryl methyl sites for hydroxylation is 1. The van der Waals surface area contributed by atoms with Crippen molar-refractivity contribution in [2.45, 2.75) is 45.7 Å². The SMILES string of the molecule is CCOP(=O)(Cc1ccc(NS(=O)(=O)c2c(C)cc(OC)c(C)c2C)cc1)OCC. The lowest BCUT2D eigenvalue weighted by Gasteiger charge is -2.18. The number of benzene rings is 2. The Morgan fingerprint density at radius 2 is 1.53 bits per heavy atom. The topological polar surface area (TPSA) is 90.9 Å². The Morgan fingerprint density at radius 1 is 0.967 bits per heavy atom. The van der Waals surface area contributed by atoms with E-state index < -0.39 is 17.6 Å². The number of rotatable bonds is 10. The van der Waals surface area contributed by atoms with E-state index in [1.165, 1.54) is 0 Å². The van der Waals surface area contributed by atoms with E-state index in [0.717, 1.165) is 11.1 Å². The molecule has 0 aliphatic heterocycles. The molecule has 1 N–H and O–H groups in total. The highest BCUT2D eigenvalue weighted by atomic mass is 32.2. The summed E-state index contributed by atoms with van der Waals surface area (Å²) in [6.45, 7) is 9.43. The highest BCUT2D eigenvalue weighted by Gasteiger charge is 2.25. The molecule has 30 heavy (non-hydrogen) atoms. The third-order valence-electron chi connectivity index (χ3n) is 4.70. The average molecular weight is 456 g/mol. The number of ether oxygens (including phenoxy) is 1. The van der Waals surface area contributed by atoms with Gasteiger partial charge in [-0.25, -0.2) is 8.42 Å². The molecule has 0 unspecified atom stereocenters. The van der Waals surface area contributed by atoms with Crippen molar-refractivity contribution in [3.05, 3.63) is 52.6 Å². The fourth-order valence-corrected chi connectivity index (χ4v) is 6.57. The summed E-state index contributed by atoms with van der Waals surface area (Å²) in [5.74, 6) is 0.654. The van der Waals surface area contributed by atoms with Gasteiger partial charge in [0.05, 0.1) is 31.4 Å².